The molecule has 172 valence electrons. The Morgan fingerprint density at radius 3 is 2.53 bits per heavy atom. The van der Waals surface area contributed by atoms with Crippen LogP contribution < -0.4 is 15.1 Å². The number of thiocarbonyl (C=S) groups is 1. The van der Waals surface area contributed by atoms with Crippen molar-refractivity contribution in [1.29, 1.82) is 0 Å². The van der Waals surface area contributed by atoms with E-state index in [4.69, 9.17) is 23.8 Å². The van der Waals surface area contributed by atoms with Crippen LogP contribution in [0, 0.1) is 0 Å². The van der Waals surface area contributed by atoms with E-state index in [9.17, 15) is 5.11 Å². The lowest BCUT2D eigenvalue weighted by atomic mass is 10.0. The summed E-state index contributed by atoms with van der Waals surface area (Å²) in [6, 6.07) is 22.8. The first-order valence-electron chi connectivity index (χ1n) is 10.9. The number of nitrogens with zero attached hydrogens (tertiary/aromatic N) is 4. The van der Waals surface area contributed by atoms with Gasteiger partial charge in [-0.1, -0.05) is 17.7 Å². The highest BCUT2D eigenvalue weighted by atomic mass is 35.5. The van der Waals surface area contributed by atoms with Gasteiger partial charge in [-0.15, -0.1) is 0 Å². The van der Waals surface area contributed by atoms with Crippen molar-refractivity contribution in [2.75, 3.05) is 23.9 Å². The summed E-state index contributed by atoms with van der Waals surface area (Å²) in [5.41, 5.74) is 4.55. The molecule has 5 rings (SSSR count). The minimum Gasteiger partial charge on any atom is -0.506 e. The van der Waals surface area contributed by atoms with Crippen LogP contribution in [0.4, 0.5) is 11.4 Å². The van der Waals surface area contributed by atoms with Crippen LogP contribution in [0.25, 0.3) is 5.69 Å². The first-order valence-corrected chi connectivity index (χ1v) is 11.7. The van der Waals surface area contributed by atoms with Crippen molar-refractivity contribution < 1.29 is 5.11 Å². The van der Waals surface area contributed by atoms with E-state index in [2.05, 4.69) is 50.1 Å². The Labute approximate surface area is 209 Å². The second-order valence-electron chi connectivity index (χ2n) is 8.34. The van der Waals surface area contributed by atoms with E-state index in [1.54, 1.807) is 24.4 Å². The van der Waals surface area contributed by atoms with E-state index in [0.717, 1.165) is 22.8 Å². The molecule has 2 aromatic heterocycles. The summed E-state index contributed by atoms with van der Waals surface area (Å²) in [6.07, 6.45) is 3.81. The summed E-state index contributed by atoms with van der Waals surface area (Å²) in [6.45, 7) is 0. The highest BCUT2D eigenvalue weighted by molar-refractivity contribution is 7.80. The first kappa shape index (κ1) is 22.3. The fraction of sp³-hybridized carbons (Fsp3) is 0.154. The molecule has 1 aliphatic rings. The number of rotatable bonds is 5. The highest BCUT2D eigenvalue weighted by Gasteiger charge is 2.43. The van der Waals surface area contributed by atoms with Crippen molar-refractivity contribution in [3.63, 3.8) is 0 Å². The van der Waals surface area contributed by atoms with E-state index >= 15 is 0 Å². The molecule has 0 spiro atoms. The molecule has 2 aromatic carbocycles. The smallest absolute Gasteiger partial charge is 0.174 e. The number of halogens is 1. The van der Waals surface area contributed by atoms with E-state index in [1.807, 2.05) is 49.5 Å². The molecule has 2 N–H and O–H groups in total. The molecule has 2 atom stereocenters. The molecule has 0 bridgehead atoms. The molecule has 0 aliphatic carbocycles. The highest BCUT2D eigenvalue weighted by Crippen LogP contribution is 2.45. The zero-order valence-electron chi connectivity index (χ0n) is 18.8. The fourth-order valence-corrected chi connectivity index (χ4v) is 4.89. The Morgan fingerprint density at radius 1 is 1.03 bits per heavy atom. The number of nitrogens with one attached hydrogen (secondary N) is 1. The third kappa shape index (κ3) is 3.97. The van der Waals surface area contributed by atoms with Crippen molar-refractivity contribution in [2.45, 2.75) is 12.1 Å². The molecule has 1 saturated heterocycles. The van der Waals surface area contributed by atoms with E-state index in [0.29, 0.717) is 15.8 Å². The van der Waals surface area contributed by atoms with Gasteiger partial charge in [0.05, 0.1) is 17.4 Å². The van der Waals surface area contributed by atoms with Gasteiger partial charge in [0, 0.05) is 48.6 Å². The SMILES string of the molecule is CN(C)c1ccc(-n2cccc2[C@H]2[C@H](c3ccccn3)NC(=S)N2c2cc(Cl)ccc2O)cc1. The number of aromatic nitrogens is 2. The summed E-state index contributed by atoms with van der Waals surface area (Å²) in [5.74, 6) is 0.105. The van der Waals surface area contributed by atoms with Crippen LogP contribution in [0.1, 0.15) is 23.5 Å². The van der Waals surface area contributed by atoms with Gasteiger partial charge in [-0.2, -0.15) is 0 Å². The van der Waals surface area contributed by atoms with Crippen molar-refractivity contribution in [3.05, 3.63) is 102 Å². The maximum absolute atomic E-state index is 10.7. The summed E-state index contributed by atoms with van der Waals surface area (Å²) in [5, 5.41) is 15.2. The standard InChI is InChI=1S/C26H24ClN5OS/c1-30(2)18-9-11-19(12-10-18)31-15-5-7-21(31)25-24(20-6-3-4-14-28-20)29-26(34)32(25)22-16-17(27)8-13-23(22)33/h3-16,24-25,33H,1-2H3,(H,29,34)/t24-,25-/m0/s1. The minimum atomic E-state index is -0.282. The van der Waals surface area contributed by atoms with E-state index in [1.165, 1.54) is 0 Å². The van der Waals surface area contributed by atoms with Crippen LogP contribution in [-0.4, -0.2) is 33.9 Å². The lowest BCUT2D eigenvalue weighted by Crippen LogP contribution is -2.30. The average Bonchev–Trinajstić information content (AvgIpc) is 3.45. The molecule has 0 unspecified atom stereocenters. The second kappa shape index (κ2) is 9.00. The number of benzene rings is 2. The van der Waals surface area contributed by atoms with Crippen molar-refractivity contribution in [3.8, 4) is 11.4 Å². The predicted molar refractivity (Wildman–Crippen MR) is 141 cm³/mol. The molecule has 4 aromatic rings. The van der Waals surface area contributed by atoms with Gasteiger partial charge in [0.1, 0.15) is 11.8 Å². The van der Waals surface area contributed by atoms with E-state index in [-0.39, 0.29) is 17.8 Å². The number of phenolic OH excluding ortho intramolecular Hbond substituents is 1. The molecule has 34 heavy (non-hydrogen) atoms. The number of hydrogen-bond acceptors (Lipinski definition) is 4. The van der Waals surface area contributed by atoms with Crippen LogP contribution in [-0.2, 0) is 0 Å². The Hall–Kier alpha value is -3.55. The third-order valence-electron chi connectivity index (χ3n) is 6.02. The summed E-state index contributed by atoms with van der Waals surface area (Å²) < 4.78 is 2.14. The van der Waals surface area contributed by atoms with Crippen LogP contribution in [0.3, 0.4) is 0 Å². The molecule has 8 heteroatoms. The zero-order valence-corrected chi connectivity index (χ0v) is 20.3. The monoisotopic (exact) mass is 489 g/mol. The van der Waals surface area contributed by atoms with Crippen molar-refractivity contribution in [1.82, 2.24) is 14.9 Å². The van der Waals surface area contributed by atoms with Crippen LogP contribution in [0.2, 0.25) is 5.02 Å². The van der Waals surface area contributed by atoms with Crippen LogP contribution >= 0.6 is 23.8 Å². The van der Waals surface area contributed by atoms with Gasteiger partial charge in [-0.05, 0) is 78.9 Å². The Bertz CT molecular complexity index is 1320. The second-order valence-corrected chi connectivity index (χ2v) is 9.17. The summed E-state index contributed by atoms with van der Waals surface area (Å²) in [4.78, 5) is 8.60. The molecular weight excluding hydrogens is 466 g/mol. The number of aromatic hydroxyl groups is 1. The lowest BCUT2D eigenvalue weighted by molar-refractivity contribution is 0.472. The Balaban J connectivity index is 1.66. The van der Waals surface area contributed by atoms with Crippen LogP contribution in [0.5, 0.6) is 5.75 Å². The van der Waals surface area contributed by atoms with Gasteiger partial charge >= 0.3 is 0 Å². The summed E-state index contributed by atoms with van der Waals surface area (Å²) in [7, 11) is 4.04. The molecular formula is C26H24ClN5OS. The van der Waals surface area contributed by atoms with Gasteiger partial charge in [0.2, 0.25) is 0 Å². The Kier molecular flexibility index (Phi) is 5.89. The first-order chi connectivity index (χ1) is 16.4. The number of pyridine rings is 1. The Morgan fingerprint density at radius 2 is 1.82 bits per heavy atom. The van der Waals surface area contributed by atoms with Gasteiger partial charge in [-0.25, -0.2) is 0 Å². The number of phenols is 1. The molecule has 0 amide bonds. The van der Waals surface area contributed by atoms with E-state index < -0.39 is 0 Å². The molecule has 0 saturated carbocycles. The fourth-order valence-electron chi connectivity index (χ4n) is 4.39. The van der Waals surface area contributed by atoms with Gasteiger partial charge in [0.15, 0.2) is 5.11 Å². The largest absolute Gasteiger partial charge is 0.506 e. The topological polar surface area (TPSA) is 56.6 Å². The lowest BCUT2D eigenvalue weighted by Gasteiger charge is -2.29. The molecule has 0 radical (unpaired) electrons. The third-order valence-corrected chi connectivity index (χ3v) is 6.57. The van der Waals surface area contributed by atoms with Gasteiger partial charge in [-0.3, -0.25) is 4.98 Å². The summed E-state index contributed by atoms with van der Waals surface area (Å²) >= 11 is 12.1. The molecule has 1 aliphatic heterocycles. The van der Waals surface area contributed by atoms with Crippen LogP contribution in [0.15, 0.2) is 85.2 Å². The quantitative estimate of drug-likeness (QED) is 0.362. The molecule has 6 nitrogen and oxygen atoms in total. The molecule has 1 fully saturated rings. The zero-order chi connectivity index (χ0) is 23.8. The predicted octanol–water partition coefficient (Wildman–Crippen LogP) is 5.47. The average molecular weight is 490 g/mol. The van der Waals surface area contributed by atoms with Gasteiger partial charge < -0.3 is 24.8 Å². The maximum Gasteiger partial charge on any atom is 0.174 e. The van der Waals surface area contributed by atoms with Gasteiger partial charge in [0.25, 0.3) is 0 Å². The number of anilines is 2. The minimum absolute atomic E-state index is 0.105. The maximum atomic E-state index is 10.7. The van der Waals surface area contributed by atoms with Crippen molar-refractivity contribution >= 4 is 40.3 Å². The normalized spacial score (nSPS) is 17.6. The molecule has 3 heterocycles. The van der Waals surface area contributed by atoms with Crippen molar-refractivity contribution in [2.24, 2.45) is 0 Å². The number of hydrogen-bond donors (Lipinski definition) is 2.